The van der Waals surface area contributed by atoms with Crippen molar-refractivity contribution in [3.63, 3.8) is 0 Å². The molecule has 0 bridgehead atoms. The highest BCUT2D eigenvalue weighted by Gasteiger charge is 2.23. The van der Waals surface area contributed by atoms with Crippen LogP contribution in [0.3, 0.4) is 0 Å². The van der Waals surface area contributed by atoms with Crippen molar-refractivity contribution in [2.24, 2.45) is 5.92 Å². The molecule has 7 nitrogen and oxygen atoms in total. The molecule has 1 atom stereocenters. The number of urea groups is 1. The van der Waals surface area contributed by atoms with Gasteiger partial charge in [-0.15, -0.1) is 11.3 Å². The summed E-state index contributed by atoms with van der Waals surface area (Å²) in [7, 11) is 2.93. The highest BCUT2D eigenvalue weighted by atomic mass is 32.1. The fraction of sp³-hybridized carbons (Fsp3) is 0.643. The van der Waals surface area contributed by atoms with E-state index in [1.807, 2.05) is 13.8 Å². The summed E-state index contributed by atoms with van der Waals surface area (Å²) in [6, 6.07) is -1.18. The topological polar surface area (TPSA) is 80.8 Å². The Morgan fingerprint density at radius 2 is 2.14 bits per heavy atom. The minimum Gasteiger partial charge on any atom is -0.467 e. The lowest BCUT2D eigenvalue weighted by Crippen LogP contribution is -2.49. The second-order valence-electron chi connectivity index (χ2n) is 5.28. The summed E-state index contributed by atoms with van der Waals surface area (Å²) in [6.45, 7) is 5.05. The Labute approximate surface area is 134 Å². The zero-order chi connectivity index (χ0) is 16.5. The lowest BCUT2D eigenvalue weighted by molar-refractivity contribution is -0.144. The third kappa shape index (κ3) is 6.40. The molecule has 0 aliphatic carbocycles. The molecule has 0 aliphatic rings. The highest BCUT2D eigenvalue weighted by Crippen LogP contribution is 2.08. The summed E-state index contributed by atoms with van der Waals surface area (Å²) >= 11 is 1.47. The molecule has 1 aromatic heterocycles. The van der Waals surface area contributed by atoms with Gasteiger partial charge in [0.05, 0.1) is 25.8 Å². The fourth-order valence-electron chi connectivity index (χ4n) is 1.62. The normalized spacial score (nSPS) is 12.0. The van der Waals surface area contributed by atoms with Gasteiger partial charge in [0.1, 0.15) is 0 Å². The molecule has 0 fully saturated rings. The first-order valence-electron chi connectivity index (χ1n) is 6.98. The van der Waals surface area contributed by atoms with Crippen LogP contribution in [0.1, 0.15) is 18.7 Å². The van der Waals surface area contributed by atoms with Crippen LogP contribution in [0.15, 0.2) is 11.7 Å². The van der Waals surface area contributed by atoms with E-state index in [0.717, 1.165) is 4.88 Å². The molecule has 0 aromatic carbocycles. The molecule has 1 heterocycles. The van der Waals surface area contributed by atoms with E-state index in [2.05, 4.69) is 10.3 Å². The van der Waals surface area contributed by atoms with Gasteiger partial charge in [0.2, 0.25) is 0 Å². The molecule has 0 saturated heterocycles. The molecule has 2 amide bonds. The summed E-state index contributed by atoms with van der Waals surface area (Å²) in [5, 5.41) is 2.63. The number of ether oxygens (including phenoxy) is 2. The zero-order valence-corrected chi connectivity index (χ0v) is 14.2. The third-order valence-corrected chi connectivity index (χ3v) is 3.51. The van der Waals surface area contributed by atoms with E-state index < -0.39 is 12.0 Å². The van der Waals surface area contributed by atoms with E-state index in [9.17, 15) is 9.59 Å². The number of methoxy groups -OCH3 is 1. The Morgan fingerprint density at radius 1 is 1.41 bits per heavy atom. The molecule has 0 unspecified atom stereocenters. The lowest BCUT2D eigenvalue weighted by atomic mass is 10.2. The van der Waals surface area contributed by atoms with Gasteiger partial charge >= 0.3 is 12.0 Å². The average Bonchev–Trinajstić information content (AvgIpc) is 2.97. The first-order chi connectivity index (χ1) is 10.4. The van der Waals surface area contributed by atoms with Crippen LogP contribution < -0.4 is 5.32 Å². The van der Waals surface area contributed by atoms with Crippen LogP contribution in [0.2, 0.25) is 0 Å². The van der Waals surface area contributed by atoms with Crippen LogP contribution in [-0.4, -0.2) is 55.3 Å². The Morgan fingerprint density at radius 3 is 2.68 bits per heavy atom. The SMILES string of the molecule is COC(=O)[C@H](COCC(C)C)NC(=O)N(C)Cc1cncs1. The second kappa shape index (κ2) is 9.37. The van der Waals surface area contributed by atoms with Crippen molar-refractivity contribution in [1.82, 2.24) is 15.2 Å². The summed E-state index contributed by atoms with van der Waals surface area (Å²) in [6.07, 6.45) is 1.71. The standard InChI is InChI=1S/C14H23N3O4S/c1-10(2)7-21-8-12(13(18)20-4)16-14(19)17(3)6-11-5-15-9-22-11/h5,9-10,12H,6-8H2,1-4H3,(H,16,19)/t12-/m0/s1. The van der Waals surface area contributed by atoms with Crippen molar-refractivity contribution in [1.29, 1.82) is 0 Å². The molecule has 1 rings (SSSR count). The van der Waals surface area contributed by atoms with E-state index in [0.29, 0.717) is 19.1 Å². The van der Waals surface area contributed by atoms with Crippen LogP contribution in [0, 0.1) is 5.92 Å². The van der Waals surface area contributed by atoms with Gasteiger partial charge in [-0.2, -0.15) is 0 Å². The maximum Gasteiger partial charge on any atom is 0.330 e. The number of amides is 2. The van der Waals surface area contributed by atoms with E-state index in [1.165, 1.54) is 23.3 Å². The molecule has 0 spiro atoms. The Bertz CT molecular complexity index is 465. The molecule has 1 N–H and O–H groups in total. The summed E-state index contributed by atoms with van der Waals surface area (Å²) in [5.41, 5.74) is 1.71. The number of aromatic nitrogens is 1. The molecule has 22 heavy (non-hydrogen) atoms. The third-order valence-electron chi connectivity index (χ3n) is 2.74. The van der Waals surface area contributed by atoms with Gasteiger partial charge in [-0.05, 0) is 5.92 Å². The fourth-order valence-corrected chi connectivity index (χ4v) is 2.26. The van der Waals surface area contributed by atoms with E-state index in [4.69, 9.17) is 9.47 Å². The molecular weight excluding hydrogens is 306 g/mol. The number of nitrogens with zero attached hydrogens (tertiary/aromatic N) is 2. The minimum absolute atomic E-state index is 0.0883. The largest absolute Gasteiger partial charge is 0.467 e. The van der Waals surface area contributed by atoms with Gasteiger partial charge in [-0.1, -0.05) is 13.8 Å². The molecule has 8 heteroatoms. The maximum absolute atomic E-state index is 12.1. The minimum atomic E-state index is -0.819. The van der Waals surface area contributed by atoms with Gasteiger partial charge in [0.25, 0.3) is 0 Å². The van der Waals surface area contributed by atoms with Gasteiger partial charge in [-0.3, -0.25) is 4.98 Å². The molecule has 0 saturated carbocycles. The van der Waals surface area contributed by atoms with Gasteiger partial charge in [0, 0.05) is 24.7 Å². The number of thiazole rings is 1. The van der Waals surface area contributed by atoms with Crippen molar-refractivity contribution in [3.05, 3.63) is 16.6 Å². The van der Waals surface area contributed by atoms with Crippen LogP contribution in [0.4, 0.5) is 4.79 Å². The van der Waals surface area contributed by atoms with Crippen molar-refractivity contribution < 1.29 is 19.1 Å². The Balaban J connectivity index is 2.52. The van der Waals surface area contributed by atoms with Crippen LogP contribution in [0.25, 0.3) is 0 Å². The Hall–Kier alpha value is -1.67. The van der Waals surface area contributed by atoms with Gasteiger partial charge in [0.15, 0.2) is 6.04 Å². The number of rotatable bonds is 8. The first kappa shape index (κ1) is 18.4. The molecule has 0 aliphatic heterocycles. The quantitative estimate of drug-likeness (QED) is 0.731. The summed E-state index contributed by atoms with van der Waals surface area (Å²) in [5.74, 6) is -0.175. The number of esters is 1. The van der Waals surface area contributed by atoms with Gasteiger partial charge in [-0.25, -0.2) is 9.59 Å². The summed E-state index contributed by atoms with van der Waals surface area (Å²) in [4.78, 5) is 30.3. The number of carbonyl (C=O) groups is 2. The molecular formula is C14H23N3O4S. The second-order valence-corrected chi connectivity index (χ2v) is 6.25. The van der Waals surface area contributed by atoms with Crippen LogP contribution >= 0.6 is 11.3 Å². The van der Waals surface area contributed by atoms with Crippen molar-refractivity contribution in [3.8, 4) is 0 Å². The van der Waals surface area contributed by atoms with E-state index in [1.54, 1.807) is 18.8 Å². The Kier molecular flexibility index (Phi) is 7.83. The van der Waals surface area contributed by atoms with Crippen molar-refractivity contribution in [2.45, 2.75) is 26.4 Å². The molecule has 1 aromatic rings. The zero-order valence-electron chi connectivity index (χ0n) is 13.4. The number of hydrogen-bond donors (Lipinski definition) is 1. The van der Waals surface area contributed by atoms with Crippen molar-refractivity contribution in [2.75, 3.05) is 27.4 Å². The highest BCUT2D eigenvalue weighted by molar-refractivity contribution is 7.09. The van der Waals surface area contributed by atoms with Crippen LogP contribution in [-0.2, 0) is 20.8 Å². The average molecular weight is 329 g/mol. The van der Waals surface area contributed by atoms with Gasteiger partial charge < -0.3 is 19.7 Å². The predicted octanol–water partition coefficient (Wildman–Crippen LogP) is 1.50. The number of carbonyl (C=O) groups excluding carboxylic acids is 2. The number of nitrogens with one attached hydrogen (secondary N) is 1. The number of hydrogen-bond acceptors (Lipinski definition) is 6. The van der Waals surface area contributed by atoms with E-state index >= 15 is 0 Å². The smallest absolute Gasteiger partial charge is 0.330 e. The van der Waals surface area contributed by atoms with Crippen LogP contribution in [0.5, 0.6) is 0 Å². The predicted molar refractivity (Wildman–Crippen MR) is 83.6 cm³/mol. The first-order valence-corrected chi connectivity index (χ1v) is 7.86. The maximum atomic E-state index is 12.1. The van der Waals surface area contributed by atoms with E-state index in [-0.39, 0.29) is 12.6 Å². The lowest BCUT2D eigenvalue weighted by Gasteiger charge is -2.22. The molecule has 124 valence electrons. The van der Waals surface area contributed by atoms with Crippen molar-refractivity contribution >= 4 is 23.3 Å². The summed E-state index contributed by atoms with van der Waals surface area (Å²) < 4.78 is 10.1. The monoisotopic (exact) mass is 329 g/mol. The molecule has 0 radical (unpaired) electrons.